The Hall–Kier alpha value is -6.45. The first-order valence-electron chi connectivity index (χ1n) is 18.7. The number of rotatable bonds is 5. The predicted molar refractivity (Wildman–Crippen MR) is 218 cm³/mol. The van der Waals surface area contributed by atoms with Gasteiger partial charge in [-0.2, -0.15) is 0 Å². The number of aromatic nitrogens is 2. The second kappa shape index (κ2) is 11.8. The largest absolute Gasteiger partial charge is 0.455 e. The maximum atomic E-state index is 6.43. The molecule has 3 heteroatoms. The third-order valence-electron chi connectivity index (χ3n) is 11.7. The number of fused-ring (bicyclic) bond motifs is 6. The molecule has 0 unspecified atom stereocenters. The van der Waals surface area contributed by atoms with Crippen molar-refractivity contribution in [1.82, 2.24) is 9.55 Å². The lowest BCUT2D eigenvalue weighted by atomic mass is 9.66. The number of hydrogen-bond donors (Lipinski definition) is 0. The van der Waals surface area contributed by atoms with Crippen LogP contribution in [0.5, 0.6) is 0 Å². The average Bonchev–Trinajstić information content (AvgIpc) is 3.90. The summed E-state index contributed by atoms with van der Waals surface area (Å²) in [6.45, 7) is 0. The molecule has 0 bridgehead atoms. The summed E-state index contributed by atoms with van der Waals surface area (Å²) in [5.74, 6) is 1.00. The summed E-state index contributed by atoms with van der Waals surface area (Å²) in [6, 6.07) is 52.8. The molecule has 0 amide bonds. The molecule has 3 aliphatic rings. The standard InChI is InChI=1S/C50H36N2O/c1-3-14-35(15-4-1)50(36-16-5-2-6-17-36)43-22-9-7-18-39(43)40-31-30-37(32-44(40)50)52-46-24-11-10-23-45(46)51-49(52)34-28-26-33(27-29-34)38-20-13-21-42-41-19-8-12-25-47(41)53-48(38)42/h1-6,8-17,19-26,28,30-32H,7,18,27,29H2. The molecule has 3 nitrogen and oxygen atoms in total. The van der Waals surface area contributed by atoms with E-state index in [1.54, 1.807) is 0 Å². The molecule has 2 aromatic heterocycles. The lowest BCUT2D eigenvalue weighted by Crippen LogP contribution is -2.29. The summed E-state index contributed by atoms with van der Waals surface area (Å²) in [7, 11) is 0. The van der Waals surface area contributed by atoms with Crippen LogP contribution in [0.15, 0.2) is 180 Å². The van der Waals surface area contributed by atoms with Gasteiger partial charge >= 0.3 is 0 Å². The molecule has 6 aromatic carbocycles. The molecule has 11 rings (SSSR count). The Bertz CT molecular complexity index is 2840. The van der Waals surface area contributed by atoms with Crippen LogP contribution in [0.3, 0.4) is 0 Å². The van der Waals surface area contributed by atoms with E-state index in [1.165, 1.54) is 55.5 Å². The predicted octanol–water partition coefficient (Wildman–Crippen LogP) is 12.6. The van der Waals surface area contributed by atoms with E-state index in [1.807, 2.05) is 6.07 Å². The van der Waals surface area contributed by atoms with Crippen LogP contribution < -0.4 is 0 Å². The van der Waals surface area contributed by atoms with Gasteiger partial charge in [0.2, 0.25) is 0 Å². The molecular formula is C50H36N2O. The van der Waals surface area contributed by atoms with E-state index in [-0.39, 0.29) is 0 Å². The second-order valence-corrected chi connectivity index (χ2v) is 14.5. The third-order valence-corrected chi connectivity index (χ3v) is 11.7. The monoisotopic (exact) mass is 680 g/mol. The van der Waals surface area contributed by atoms with Crippen molar-refractivity contribution in [3.8, 4) is 5.69 Å². The van der Waals surface area contributed by atoms with Crippen molar-refractivity contribution in [1.29, 1.82) is 0 Å². The third kappa shape index (κ3) is 4.44. The van der Waals surface area contributed by atoms with Crippen LogP contribution in [0.25, 0.3) is 55.4 Å². The summed E-state index contributed by atoms with van der Waals surface area (Å²) in [5.41, 5.74) is 16.6. The van der Waals surface area contributed by atoms with Gasteiger partial charge in [0.15, 0.2) is 0 Å². The summed E-state index contributed by atoms with van der Waals surface area (Å²) in [4.78, 5) is 5.33. The molecular weight excluding hydrogens is 645 g/mol. The molecule has 0 fully saturated rings. The van der Waals surface area contributed by atoms with Crippen molar-refractivity contribution in [2.75, 3.05) is 0 Å². The number of imidazole rings is 1. The number of para-hydroxylation sites is 4. The van der Waals surface area contributed by atoms with Gasteiger partial charge in [0.1, 0.15) is 17.0 Å². The van der Waals surface area contributed by atoms with Crippen molar-refractivity contribution in [3.05, 3.63) is 209 Å². The van der Waals surface area contributed by atoms with E-state index < -0.39 is 5.41 Å². The fourth-order valence-electron chi connectivity index (χ4n) is 9.40. The van der Waals surface area contributed by atoms with Crippen molar-refractivity contribution >= 4 is 49.7 Å². The first-order valence-corrected chi connectivity index (χ1v) is 18.7. The quantitative estimate of drug-likeness (QED) is 0.181. The van der Waals surface area contributed by atoms with Crippen molar-refractivity contribution in [2.24, 2.45) is 0 Å². The van der Waals surface area contributed by atoms with Gasteiger partial charge in [-0.05, 0) is 101 Å². The number of allylic oxidation sites excluding steroid dienone is 8. The van der Waals surface area contributed by atoms with Crippen LogP contribution in [-0.2, 0) is 5.41 Å². The van der Waals surface area contributed by atoms with Crippen LogP contribution in [0.2, 0.25) is 0 Å². The number of furan rings is 1. The van der Waals surface area contributed by atoms with Crippen LogP contribution >= 0.6 is 0 Å². The van der Waals surface area contributed by atoms with Crippen molar-refractivity contribution in [2.45, 2.75) is 31.1 Å². The number of nitrogens with zero attached hydrogens (tertiary/aromatic N) is 2. The Kier molecular flexibility index (Phi) is 6.72. The van der Waals surface area contributed by atoms with Crippen molar-refractivity contribution < 1.29 is 4.42 Å². The lowest BCUT2D eigenvalue weighted by Gasteiger charge is -2.35. The Labute approximate surface area is 308 Å². The van der Waals surface area contributed by atoms with Gasteiger partial charge in [0.25, 0.3) is 0 Å². The second-order valence-electron chi connectivity index (χ2n) is 14.5. The SMILES string of the molecule is C1=CC2=C(CC1)c1ccc(-n3c(C4=CC=C(c5cccc6c5oc5ccccc56)CC4)nc4ccccc43)cc1C2(c1ccccc1)c1ccccc1. The molecule has 0 aliphatic heterocycles. The van der Waals surface area contributed by atoms with E-state index in [4.69, 9.17) is 9.40 Å². The van der Waals surface area contributed by atoms with Crippen LogP contribution in [0.1, 0.15) is 59.3 Å². The number of benzene rings is 6. The molecule has 0 radical (unpaired) electrons. The molecule has 252 valence electrons. The van der Waals surface area contributed by atoms with Crippen LogP contribution in [-0.4, -0.2) is 9.55 Å². The smallest absolute Gasteiger partial charge is 0.142 e. The molecule has 0 spiro atoms. The molecule has 0 saturated heterocycles. The van der Waals surface area contributed by atoms with E-state index in [9.17, 15) is 0 Å². The molecule has 53 heavy (non-hydrogen) atoms. The van der Waals surface area contributed by atoms with E-state index in [0.29, 0.717) is 0 Å². The summed E-state index contributed by atoms with van der Waals surface area (Å²) in [6.07, 6.45) is 13.2. The summed E-state index contributed by atoms with van der Waals surface area (Å²) in [5, 5.41) is 2.33. The number of hydrogen-bond acceptors (Lipinski definition) is 2. The van der Waals surface area contributed by atoms with Gasteiger partial charge in [-0.15, -0.1) is 0 Å². The van der Waals surface area contributed by atoms with Gasteiger partial charge in [0.05, 0.1) is 16.4 Å². The highest BCUT2D eigenvalue weighted by Crippen LogP contribution is 2.57. The summed E-state index contributed by atoms with van der Waals surface area (Å²) >= 11 is 0. The lowest BCUT2D eigenvalue weighted by molar-refractivity contribution is 0.667. The molecule has 8 aromatic rings. The van der Waals surface area contributed by atoms with Crippen molar-refractivity contribution in [3.63, 3.8) is 0 Å². The Morgan fingerprint density at radius 2 is 1.32 bits per heavy atom. The zero-order valence-corrected chi connectivity index (χ0v) is 29.3. The normalized spacial score (nSPS) is 16.2. The Balaban J connectivity index is 1.09. The fourth-order valence-corrected chi connectivity index (χ4v) is 9.40. The zero-order valence-electron chi connectivity index (χ0n) is 29.3. The highest BCUT2D eigenvalue weighted by molar-refractivity contribution is 6.08. The van der Waals surface area contributed by atoms with Gasteiger partial charge < -0.3 is 4.42 Å². The molecule has 0 N–H and O–H groups in total. The van der Waals surface area contributed by atoms with Gasteiger partial charge in [-0.25, -0.2) is 4.98 Å². The highest BCUT2D eigenvalue weighted by Gasteiger charge is 2.47. The zero-order chi connectivity index (χ0) is 34.9. The Morgan fingerprint density at radius 3 is 2.13 bits per heavy atom. The summed E-state index contributed by atoms with van der Waals surface area (Å²) < 4.78 is 8.83. The molecule has 2 heterocycles. The highest BCUT2D eigenvalue weighted by atomic mass is 16.3. The molecule has 3 aliphatic carbocycles. The fraction of sp³-hybridized carbons (Fsp3) is 0.100. The van der Waals surface area contributed by atoms with E-state index >= 15 is 0 Å². The van der Waals surface area contributed by atoms with Crippen LogP contribution in [0.4, 0.5) is 0 Å². The average molecular weight is 681 g/mol. The minimum absolute atomic E-state index is 0.421. The maximum absolute atomic E-state index is 6.43. The van der Waals surface area contributed by atoms with Gasteiger partial charge in [-0.1, -0.05) is 140 Å². The molecule has 0 atom stereocenters. The van der Waals surface area contributed by atoms with Crippen LogP contribution in [0, 0.1) is 0 Å². The Morgan fingerprint density at radius 1 is 0.604 bits per heavy atom. The van der Waals surface area contributed by atoms with E-state index in [0.717, 1.165) is 64.8 Å². The first-order chi connectivity index (χ1) is 26.3. The topological polar surface area (TPSA) is 31.0 Å². The minimum atomic E-state index is -0.421. The van der Waals surface area contributed by atoms with E-state index in [2.05, 4.69) is 168 Å². The first kappa shape index (κ1) is 30.2. The van der Waals surface area contributed by atoms with Gasteiger partial charge in [0, 0.05) is 22.0 Å². The maximum Gasteiger partial charge on any atom is 0.142 e. The molecule has 0 saturated carbocycles. The van der Waals surface area contributed by atoms with Gasteiger partial charge in [-0.3, -0.25) is 4.57 Å². The minimum Gasteiger partial charge on any atom is -0.455 e.